The van der Waals surface area contributed by atoms with Gasteiger partial charge in [0, 0.05) is 0 Å². The van der Waals surface area contributed by atoms with Crippen LogP contribution in [0.25, 0.3) is 0 Å². The van der Waals surface area contributed by atoms with E-state index in [1.54, 1.807) is 0 Å². The highest BCUT2D eigenvalue weighted by Crippen LogP contribution is 2.16. The van der Waals surface area contributed by atoms with Crippen LogP contribution in [-0.4, -0.2) is 13.2 Å². The van der Waals surface area contributed by atoms with Crippen molar-refractivity contribution in [1.82, 2.24) is 0 Å². The van der Waals surface area contributed by atoms with Crippen LogP contribution >= 0.6 is 0 Å². The highest BCUT2D eigenvalue weighted by atomic mass is 16.5. The van der Waals surface area contributed by atoms with E-state index in [2.05, 4.69) is 13.0 Å². The minimum absolute atomic E-state index is 0.804. The number of rotatable bonds is 7. The summed E-state index contributed by atoms with van der Waals surface area (Å²) in [6, 6.07) is 8.14. The zero-order valence-electron chi connectivity index (χ0n) is 9.54. The molecule has 0 amide bonds. The van der Waals surface area contributed by atoms with E-state index in [1.807, 2.05) is 18.2 Å². The molecule has 0 unspecified atom stereocenters. The summed E-state index contributed by atoms with van der Waals surface area (Å²) in [6.07, 6.45) is 4.68. The molecule has 0 aromatic heterocycles. The van der Waals surface area contributed by atoms with E-state index in [0.29, 0.717) is 0 Å². The molecular weight excluding hydrogens is 186 g/mol. The maximum Gasteiger partial charge on any atom is 0.122 e. The van der Waals surface area contributed by atoms with Gasteiger partial charge in [0.25, 0.3) is 0 Å². The fourth-order valence-corrected chi connectivity index (χ4v) is 1.50. The number of para-hydroxylation sites is 1. The lowest BCUT2D eigenvalue weighted by molar-refractivity contribution is 0.303. The first-order valence-electron chi connectivity index (χ1n) is 5.73. The Morgan fingerprint density at radius 3 is 2.53 bits per heavy atom. The summed E-state index contributed by atoms with van der Waals surface area (Å²) in [6.45, 7) is 3.69. The maximum absolute atomic E-state index is 5.69. The average Bonchev–Trinajstić information content (AvgIpc) is 2.25. The van der Waals surface area contributed by atoms with Crippen LogP contribution in [0.5, 0.6) is 5.75 Å². The Labute approximate surface area is 92.4 Å². The molecule has 2 heteroatoms. The minimum atomic E-state index is 0.804. The van der Waals surface area contributed by atoms with Gasteiger partial charge in [-0.3, -0.25) is 0 Å². The number of benzene rings is 1. The summed E-state index contributed by atoms with van der Waals surface area (Å²) < 4.78 is 5.69. The van der Waals surface area contributed by atoms with E-state index < -0.39 is 0 Å². The first kappa shape index (κ1) is 12.1. The Bertz CT molecular complexity index is 273. The number of nitrogens with two attached hydrogens (primary N) is 1. The lowest BCUT2D eigenvalue weighted by Crippen LogP contribution is -2.01. The molecule has 0 bridgehead atoms. The highest BCUT2D eigenvalue weighted by molar-refractivity contribution is 5.31. The molecule has 0 spiro atoms. The molecule has 0 heterocycles. The van der Waals surface area contributed by atoms with E-state index >= 15 is 0 Å². The third-order valence-electron chi connectivity index (χ3n) is 2.45. The zero-order valence-corrected chi connectivity index (χ0v) is 9.54. The molecule has 2 nitrogen and oxygen atoms in total. The second-order valence-electron chi connectivity index (χ2n) is 3.82. The standard InChI is InChI=1S/C13H21NO/c1-12-8-4-5-9-13(12)15-11-7-3-2-6-10-14/h4-5,8-9H,2-3,6-7,10-11,14H2,1H3. The fraction of sp³-hybridized carbons (Fsp3) is 0.538. The summed E-state index contributed by atoms with van der Waals surface area (Å²) in [5.74, 6) is 1.01. The van der Waals surface area contributed by atoms with Gasteiger partial charge in [-0.2, -0.15) is 0 Å². The third kappa shape index (κ3) is 4.84. The highest BCUT2D eigenvalue weighted by Gasteiger charge is 1.96. The molecule has 0 saturated heterocycles. The zero-order chi connectivity index (χ0) is 10.9. The van der Waals surface area contributed by atoms with Crippen LogP contribution in [0.2, 0.25) is 0 Å². The molecule has 0 saturated carbocycles. The van der Waals surface area contributed by atoms with E-state index in [0.717, 1.165) is 31.7 Å². The van der Waals surface area contributed by atoms with Crippen molar-refractivity contribution in [1.29, 1.82) is 0 Å². The Morgan fingerprint density at radius 2 is 1.80 bits per heavy atom. The van der Waals surface area contributed by atoms with Gasteiger partial charge >= 0.3 is 0 Å². The van der Waals surface area contributed by atoms with Crippen molar-refractivity contribution >= 4 is 0 Å². The van der Waals surface area contributed by atoms with Gasteiger partial charge in [-0.25, -0.2) is 0 Å². The third-order valence-corrected chi connectivity index (χ3v) is 2.45. The van der Waals surface area contributed by atoms with Gasteiger partial charge < -0.3 is 10.5 Å². The second kappa shape index (κ2) is 7.30. The van der Waals surface area contributed by atoms with Crippen LogP contribution in [0.15, 0.2) is 24.3 Å². The van der Waals surface area contributed by atoms with Gasteiger partial charge in [0.2, 0.25) is 0 Å². The van der Waals surface area contributed by atoms with Gasteiger partial charge in [0.1, 0.15) is 5.75 Å². The molecule has 84 valence electrons. The molecular formula is C13H21NO. The van der Waals surface area contributed by atoms with Crippen LogP contribution in [0.3, 0.4) is 0 Å². The molecule has 0 atom stereocenters. The van der Waals surface area contributed by atoms with Gasteiger partial charge in [0.15, 0.2) is 0 Å². The lowest BCUT2D eigenvalue weighted by Gasteiger charge is -2.08. The Morgan fingerprint density at radius 1 is 1.07 bits per heavy atom. The summed E-state index contributed by atoms with van der Waals surface area (Å²) >= 11 is 0. The van der Waals surface area contributed by atoms with Crippen molar-refractivity contribution in [2.24, 2.45) is 5.73 Å². The second-order valence-corrected chi connectivity index (χ2v) is 3.82. The van der Waals surface area contributed by atoms with E-state index in [9.17, 15) is 0 Å². The molecule has 1 aromatic rings. The van der Waals surface area contributed by atoms with Crippen molar-refractivity contribution < 1.29 is 4.74 Å². The predicted octanol–water partition coefficient (Wildman–Crippen LogP) is 2.89. The summed E-state index contributed by atoms with van der Waals surface area (Å²) in [7, 11) is 0. The molecule has 1 aromatic carbocycles. The molecule has 15 heavy (non-hydrogen) atoms. The van der Waals surface area contributed by atoms with Crippen molar-refractivity contribution in [3.05, 3.63) is 29.8 Å². The number of ether oxygens (including phenoxy) is 1. The van der Waals surface area contributed by atoms with Gasteiger partial charge in [-0.1, -0.05) is 31.0 Å². The first-order valence-corrected chi connectivity index (χ1v) is 5.73. The van der Waals surface area contributed by atoms with Crippen LogP contribution in [0.1, 0.15) is 31.2 Å². The molecule has 0 aliphatic carbocycles. The molecule has 0 aliphatic rings. The number of aryl methyl sites for hydroxylation is 1. The summed E-state index contributed by atoms with van der Waals surface area (Å²) in [5.41, 5.74) is 6.63. The normalized spacial score (nSPS) is 10.3. The lowest BCUT2D eigenvalue weighted by atomic mass is 10.2. The van der Waals surface area contributed by atoms with Crippen LogP contribution in [0.4, 0.5) is 0 Å². The van der Waals surface area contributed by atoms with E-state index in [4.69, 9.17) is 10.5 Å². The average molecular weight is 207 g/mol. The molecule has 2 N–H and O–H groups in total. The quantitative estimate of drug-likeness (QED) is 0.698. The van der Waals surface area contributed by atoms with Crippen molar-refractivity contribution in [2.45, 2.75) is 32.6 Å². The maximum atomic E-state index is 5.69. The first-order chi connectivity index (χ1) is 7.34. The Balaban J connectivity index is 2.12. The van der Waals surface area contributed by atoms with E-state index in [1.165, 1.54) is 18.4 Å². The van der Waals surface area contributed by atoms with Crippen LogP contribution < -0.4 is 10.5 Å². The van der Waals surface area contributed by atoms with Crippen molar-refractivity contribution in [3.8, 4) is 5.75 Å². The Hall–Kier alpha value is -1.02. The van der Waals surface area contributed by atoms with Crippen LogP contribution in [-0.2, 0) is 0 Å². The molecule has 0 aliphatic heterocycles. The summed E-state index contributed by atoms with van der Waals surface area (Å²) in [4.78, 5) is 0. The SMILES string of the molecule is Cc1ccccc1OCCCCCCN. The molecule has 1 rings (SSSR count). The monoisotopic (exact) mass is 207 g/mol. The smallest absolute Gasteiger partial charge is 0.122 e. The topological polar surface area (TPSA) is 35.2 Å². The molecule has 0 fully saturated rings. The van der Waals surface area contributed by atoms with Gasteiger partial charge in [-0.15, -0.1) is 0 Å². The van der Waals surface area contributed by atoms with Crippen molar-refractivity contribution in [2.75, 3.05) is 13.2 Å². The van der Waals surface area contributed by atoms with Crippen LogP contribution in [0, 0.1) is 6.92 Å². The number of hydrogen-bond donors (Lipinski definition) is 1. The van der Waals surface area contributed by atoms with Crippen molar-refractivity contribution in [3.63, 3.8) is 0 Å². The van der Waals surface area contributed by atoms with E-state index in [-0.39, 0.29) is 0 Å². The predicted molar refractivity (Wildman–Crippen MR) is 64.2 cm³/mol. The largest absolute Gasteiger partial charge is 0.493 e. The summed E-state index contributed by atoms with van der Waals surface area (Å²) in [5, 5.41) is 0. The fourth-order valence-electron chi connectivity index (χ4n) is 1.50. The van der Waals surface area contributed by atoms with Gasteiger partial charge in [-0.05, 0) is 37.9 Å². The molecule has 0 radical (unpaired) electrons. The Kier molecular flexibility index (Phi) is 5.86. The number of hydrogen-bond acceptors (Lipinski definition) is 2. The van der Waals surface area contributed by atoms with Gasteiger partial charge in [0.05, 0.1) is 6.61 Å². The minimum Gasteiger partial charge on any atom is -0.493 e. The number of unbranched alkanes of at least 4 members (excludes halogenated alkanes) is 3.